The van der Waals surface area contributed by atoms with Crippen LogP contribution >= 0.6 is 11.8 Å². The average Bonchev–Trinajstić information content (AvgIpc) is 2.25. The molecule has 0 saturated heterocycles. The third-order valence-electron chi connectivity index (χ3n) is 2.32. The molecule has 18 heavy (non-hydrogen) atoms. The number of nitrogens with zero attached hydrogens (tertiary/aromatic N) is 1. The number of hydrazine groups is 1. The van der Waals surface area contributed by atoms with E-state index in [1.54, 1.807) is 0 Å². The molecule has 4 nitrogen and oxygen atoms in total. The fourth-order valence-corrected chi connectivity index (χ4v) is 1.81. The maximum atomic E-state index is 11.8. The van der Waals surface area contributed by atoms with Crippen molar-refractivity contribution >= 4 is 23.6 Å². The maximum absolute atomic E-state index is 11.8. The first-order valence-electron chi connectivity index (χ1n) is 6.45. The lowest BCUT2D eigenvalue weighted by Gasteiger charge is -2.25. The second-order valence-electron chi connectivity index (χ2n) is 5.30. The highest BCUT2D eigenvalue weighted by Gasteiger charge is 2.16. The van der Waals surface area contributed by atoms with Crippen molar-refractivity contribution in [2.75, 3.05) is 18.6 Å². The Morgan fingerprint density at radius 1 is 1.17 bits per heavy atom. The van der Waals surface area contributed by atoms with Crippen LogP contribution in [0, 0.1) is 11.8 Å². The zero-order valence-electron chi connectivity index (χ0n) is 12.2. The second kappa shape index (κ2) is 9.25. The summed E-state index contributed by atoms with van der Waals surface area (Å²) in [6.45, 7) is 8.78. The van der Waals surface area contributed by atoms with E-state index in [-0.39, 0.29) is 11.8 Å². The van der Waals surface area contributed by atoms with Gasteiger partial charge in [-0.2, -0.15) is 11.8 Å². The van der Waals surface area contributed by atoms with E-state index >= 15 is 0 Å². The number of carbonyl (C=O) groups excluding carboxylic acids is 2. The molecule has 2 amide bonds. The van der Waals surface area contributed by atoms with Crippen molar-refractivity contribution in [3.8, 4) is 0 Å². The van der Waals surface area contributed by atoms with E-state index in [9.17, 15) is 9.59 Å². The molecule has 1 N–H and O–H groups in total. The summed E-state index contributed by atoms with van der Waals surface area (Å²) in [6.07, 6.45) is 3.20. The van der Waals surface area contributed by atoms with E-state index in [2.05, 4.69) is 19.3 Å². The zero-order valence-corrected chi connectivity index (χ0v) is 13.0. The molecule has 0 saturated carbocycles. The van der Waals surface area contributed by atoms with Gasteiger partial charge in [0.2, 0.25) is 5.91 Å². The van der Waals surface area contributed by atoms with Crippen molar-refractivity contribution in [1.82, 2.24) is 10.4 Å². The summed E-state index contributed by atoms with van der Waals surface area (Å²) in [5, 5.41) is 1.46. The number of rotatable bonds is 7. The number of hydrogen-bond acceptors (Lipinski definition) is 3. The molecule has 0 heterocycles. The van der Waals surface area contributed by atoms with E-state index in [4.69, 9.17) is 0 Å². The van der Waals surface area contributed by atoms with Crippen LogP contribution in [0.25, 0.3) is 0 Å². The van der Waals surface area contributed by atoms with E-state index in [0.29, 0.717) is 30.6 Å². The minimum Gasteiger partial charge on any atom is -0.273 e. The molecule has 0 aromatic heterocycles. The molecule has 0 aliphatic heterocycles. The largest absolute Gasteiger partial charge is 0.273 e. The Balaban J connectivity index is 4.30. The third-order valence-corrected chi connectivity index (χ3v) is 2.86. The minimum atomic E-state index is -0.0706. The highest BCUT2D eigenvalue weighted by Crippen LogP contribution is 2.05. The van der Waals surface area contributed by atoms with Crippen LogP contribution in [0.1, 0.15) is 40.5 Å². The molecule has 0 bridgehead atoms. The summed E-state index contributed by atoms with van der Waals surface area (Å²) < 4.78 is 0. The Morgan fingerprint density at radius 3 is 2.22 bits per heavy atom. The van der Waals surface area contributed by atoms with Crippen LogP contribution in [0.15, 0.2) is 0 Å². The molecule has 0 aromatic carbocycles. The van der Waals surface area contributed by atoms with Crippen LogP contribution in [0.2, 0.25) is 0 Å². The first kappa shape index (κ1) is 17.3. The lowest BCUT2D eigenvalue weighted by atomic mass is 10.1. The smallest absolute Gasteiger partial charge is 0.250 e. The molecule has 0 radical (unpaired) electrons. The normalized spacial score (nSPS) is 10.8. The molecule has 0 atom stereocenters. The van der Waals surface area contributed by atoms with Crippen molar-refractivity contribution in [1.29, 1.82) is 0 Å². The Hall–Kier alpha value is -0.710. The predicted molar refractivity (Wildman–Crippen MR) is 77.1 cm³/mol. The number of nitrogens with one attached hydrogen (secondary N) is 1. The van der Waals surface area contributed by atoms with Gasteiger partial charge in [0, 0.05) is 13.0 Å². The van der Waals surface area contributed by atoms with Gasteiger partial charge in [0.05, 0.1) is 5.75 Å². The minimum absolute atomic E-state index is 0.0332. The number of carbonyl (C=O) groups is 2. The van der Waals surface area contributed by atoms with Crippen LogP contribution in [-0.2, 0) is 9.59 Å². The highest BCUT2D eigenvalue weighted by molar-refractivity contribution is 7.99. The van der Waals surface area contributed by atoms with Crippen LogP contribution in [-0.4, -0.2) is 35.4 Å². The van der Waals surface area contributed by atoms with Crippen molar-refractivity contribution in [2.45, 2.75) is 40.5 Å². The molecule has 0 aromatic rings. The first-order chi connectivity index (χ1) is 8.36. The predicted octanol–water partition coefficient (Wildman–Crippen LogP) is 2.30. The Kier molecular flexibility index (Phi) is 8.89. The van der Waals surface area contributed by atoms with Crippen LogP contribution in [0.5, 0.6) is 0 Å². The molecule has 0 unspecified atom stereocenters. The van der Waals surface area contributed by atoms with Crippen molar-refractivity contribution < 1.29 is 9.59 Å². The highest BCUT2D eigenvalue weighted by atomic mass is 32.2. The van der Waals surface area contributed by atoms with Gasteiger partial charge in [-0.1, -0.05) is 27.7 Å². The van der Waals surface area contributed by atoms with Crippen molar-refractivity contribution in [3.05, 3.63) is 0 Å². The Labute approximate surface area is 115 Å². The molecule has 106 valence electrons. The van der Waals surface area contributed by atoms with Gasteiger partial charge in [-0.3, -0.25) is 20.0 Å². The molecule has 0 fully saturated rings. The summed E-state index contributed by atoms with van der Waals surface area (Å²) in [5.74, 6) is 1.13. The summed E-state index contributed by atoms with van der Waals surface area (Å²) in [4.78, 5) is 23.6. The third kappa shape index (κ3) is 8.39. The topological polar surface area (TPSA) is 49.4 Å². The van der Waals surface area contributed by atoms with E-state index in [0.717, 1.165) is 6.42 Å². The molecule has 0 aliphatic rings. The number of thioether (sulfide) groups is 1. The summed E-state index contributed by atoms with van der Waals surface area (Å²) >= 11 is 1.47. The SMILES string of the molecule is CSCC(=O)N(CC(C)C)NC(=O)CCC(C)C. The van der Waals surface area contributed by atoms with Gasteiger partial charge in [0.25, 0.3) is 5.91 Å². The fourth-order valence-electron chi connectivity index (χ4n) is 1.40. The lowest BCUT2D eigenvalue weighted by Crippen LogP contribution is -2.48. The van der Waals surface area contributed by atoms with Crippen LogP contribution < -0.4 is 5.43 Å². The number of amides is 2. The van der Waals surface area contributed by atoms with E-state index < -0.39 is 0 Å². The summed E-state index contributed by atoms with van der Waals surface area (Å²) in [7, 11) is 0. The standard InChI is InChI=1S/C13H26N2O2S/c1-10(2)6-7-12(16)14-15(8-11(3)4)13(17)9-18-5/h10-11H,6-9H2,1-5H3,(H,14,16). The second-order valence-corrected chi connectivity index (χ2v) is 6.16. The van der Waals surface area contributed by atoms with Gasteiger partial charge in [0.1, 0.15) is 0 Å². The maximum Gasteiger partial charge on any atom is 0.250 e. The molecular weight excluding hydrogens is 248 g/mol. The Bertz CT molecular complexity index is 268. The molecule has 0 aliphatic carbocycles. The van der Waals surface area contributed by atoms with Crippen LogP contribution in [0.3, 0.4) is 0 Å². The van der Waals surface area contributed by atoms with Gasteiger partial charge in [-0.25, -0.2) is 0 Å². The lowest BCUT2D eigenvalue weighted by molar-refractivity contribution is -0.140. The Morgan fingerprint density at radius 2 is 1.78 bits per heavy atom. The molecule has 0 spiro atoms. The van der Waals surface area contributed by atoms with Crippen molar-refractivity contribution in [3.63, 3.8) is 0 Å². The summed E-state index contributed by atoms with van der Waals surface area (Å²) in [5.41, 5.74) is 2.72. The molecule has 5 heteroatoms. The van der Waals surface area contributed by atoms with Crippen LogP contribution in [0.4, 0.5) is 0 Å². The monoisotopic (exact) mass is 274 g/mol. The molecular formula is C13H26N2O2S. The molecule has 0 rings (SSSR count). The van der Waals surface area contributed by atoms with E-state index in [1.807, 2.05) is 20.1 Å². The fraction of sp³-hybridized carbons (Fsp3) is 0.846. The average molecular weight is 274 g/mol. The van der Waals surface area contributed by atoms with Gasteiger partial charge in [-0.05, 0) is 24.5 Å². The number of hydrogen-bond donors (Lipinski definition) is 1. The van der Waals surface area contributed by atoms with Gasteiger partial charge >= 0.3 is 0 Å². The van der Waals surface area contributed by atoms with E-state index in [1.165, 1.54) is 16.8 Å². The van der Waals surface area contributed by atoms with Gasteiger partial charge in [0.15, 0.2) is 0 Å². The first-order valence-corrected chi connectivity index (χ1v) is 7.85. The zero-order chi connectivity index (χ0) is 14.1. The summed E-state index contributed by atoms with van der Waals surface area (Å²) in [6, 6.07) is 0. The van der Waals surface area contributed by atoms with Crippen molar-refractivity contribution in [2.24, 2.45) is 11.8 Å². The quantitative estimate of drug-likeness (QED) is 0.725. The van der Waals surface area contributed by atoms with Gasteiger partial charge in [-0.15, -0.1) is 0 Å². The van der Waals surface area contributed by atoms with Gasteiger partial charge < -0.3 is 0 Å².